The van der Waals surface area contributed by atoms with Gasteiger partial charge in [-0.1, -0.05) is 0 Å². The summed E-state index contributed by atoms with van der Waals surface area (Å²) < 4.78 is 5.58. The molecule has 1 aromatic carbocycles. The van der Waals surface area contributed by atoms with Crippen LogP contribution in [0.4, 0.5) is 0 Å². The molecular weight excluding hydrogens is 278 g/mol. The van der Waals surface area contributed by atoms with Crippen LogP contribution >= 0.6 is 0 Å². The van der Waals surface area contributed by atoms with Crippen molar-refractivity contribution in [3.05, 3.63) is 48.4 Å². The number of carbonyl (C=O) groups is 1. The Labute approximate surface area is 130 Å². The van der Waals surface area contributed by atoms with Crippen LogP contribution in [-0.4, -0.2) is 33.4 Å². The van der Waals surface area contributed by atoms with Gasteiger partial charge >= 0.3 is 0 Å². The Balaban J connectivity index is 1.69. The maximum Gasteiger partial charge on any atom is 0.254 e. The van der Waals surface area contributed by atoms with Crippen molar-refractivity contribution in [2.75, 3.05) is 6.54 Å². The normalized spacial score (nSPS) is 18.0. The summed E-state index contributed by atoms with van der Waals surface area (Å²) >= 11 is 0. The van der Waals surface area contributed by atoms with Crippen LogP contribution in [0.25, 0.3) is 0 Å². The Morgan fingerprint density at radius 3 is 2.73 bits per heavy atom. The van der Waals surface area contributed by atoms with E-state index in [1.807, 2.05) is 4.90 Å². The SMILES string of the molecule is C[C@H]1CCCCN1C(=O)c1ccc(Oc2cnccn2)cc1. The van der Waals surface area contributed by atoms with Gasteiger partial charge in [-0.3, -0.25) is 9.78 Å². The first-order valence-electron chi connectivity index (χ1n) is 7.59. The summed E-state index contributed by atoms with van der Waals surface area (Å²) in [6.07, 6.45) is 8.09. The average molecular weight is 297 g/mol. The number of rotatable bonds is 3. The molecule has 1 fully saturated rings. The number of aromatic nitrogens is 2. The molecule has 0 spiro atoms. The van der Waals surface area contributed by atoms with Gasteiger partial charge in [0.2, 0.25) is 5.88 Å². The first-order chi connectivity index (χ1) is 10.7. The van der Waals surface area contributed by atoms with Crippen LogP contribution in [-0.2, 0) is 0 Å². The van der Waals surface area contributed by atoms with Gasteiger partial charge in [0, 0.05) is 30.5 Å². The van der Waals surface area contributed by atoms with Gasteiger partial charge in [-0.05, 0) is 50.5 Å². The van der Waals surface area contributed by atoms with Crippen LogP contribution < -0.4 is 4.74 Å². The lowest BCUT2D eigenvalue weighted by Gasteiger charge is -2.33. The highest BCUT2D eigenvalue weighted by Gasteiger charge is 2.24. The second-order valence-electron chi connectivity index (χ2n) is 5.51. The number of carbonyl (C=O) groups excluding carboxylic acids is 1. The van der Waals surface area contributed by atoms with Crippen LogP contribution in [0.1, 0.15) is 36.5 Å². The Morgan fingerprint density at radius 1 is 1.23 bits per heavy atom. The van der Waals surface area contributed by atoms with Crippen LogP contribution in [0.5, 0.6) is 11.6 Å². The van der Waals surface area contributed by atoms with Crippen LogP contribution in [0.2, 0.25) is 0 Å². The highest BCUT2D eigenvalue weighted by molar-refractivity contribution is 5.94. The third-order valence-corrected chi connectivity index (χ3v) is 3.93. The Bertz CT molecular complexity index is 628. The highest BCUT2D eigenvalue weighted by atomic mass is 16.5. The van der Waals surface area contributed by atoms with Crippen molar-refractivity contribution in [1.29, 1.82) is 0 Å². The summed E-state index contributed by atoms with van der Waals surface area (Å²) in [7, 11) is 0. The molecule has 0 saturated carbocycles. The minimum absolute atomic E-state index is 0.0956. The van der Waals surface area contributed by atoms with Gasteiger partial charge in [-0.2, -0.15) is 0 Å². The third kappa shape index (κ3) is 3.24. The van der Waals surface area contributed by atoms with Crippen LogP contribution in [0.15, 0.2) is 42.9 Å². The summed E-state index contributed by atoms with van der Waals surface area (Å²) in [5, 5.41) is 0. The fourth-order valence-electron chi connectivity index (χ4n) is 2.69. The van der Waals surface area contributed by atoms with Crippen molar-refractivity contribution in [1.82, 2.24) is 14.9 Å². The number of amides is 1. The second kappa shape index (κ2) is 6.56. The second-order valence-corrected chi connectivity index (χ2v) is 5.51. The molecule has 0 unspecified atom stereocenters. The van der Waals surface area contributed by atoms with E-state index in [1.54, 1.807) is 42.9 Å². The highest BCUT2D eigenvalue weighted by Crippen LogP contribution is 2.22. The molecule has 1 saturated heterocycles. The number of piperidine rings is 1. The van der Waals surface area contributed by atoms with E-state index in [9.17, 15) is 4.79 Å². The van der Waals surface area contributed by atoms with Crippen LogP contribution in [0, 0.1) is 0 Å². The van der Waals surface area contributed by atoms with E-state index in [2.05, 4.69) is 16.9 Å². The lowest BCUT2D eigenvalue weighted by Crippen LogP contribution is -2.41. The van der Waals surface area contributed by atoms with Gasteiger partial charge in [0.15, 0.2) is 0 Å². The number of likely N-dealkylation sites (tertiary alicyclic amines) is 1. The van der Waals surface area contributed by atoms with Crippen molar-refractivity contribution >= 4 is 5.91 Å². The fourth-order valence-corrected chi connectivity index (χ4v) is 2.69. The van der Waals surface area contributed by atoms with E-state index in [0.29, 0.717) is 23.2 Å². The van der Waals surface area contributed by atoms with Crippen molar-refractivity contribution in [3.63, 3.8) is 0 Å². The zero-order valence-electron chi connectivity index (χ0n) is 12.6. The van der Waals surface area contributed by atoms with Gasteiger partial charge in [0.1, 0.15) is 5.75 Å². The summed E-state index contributed by atoms with van der Waals surface area (Å²) in [6, 6.07) is 7.49. The smallest absolute Gasteiger partial charge is 0.254 e. The topological polar surface area (TPSA) is 55.3 Å². The third-order valence-electron chi connectivity index (χ3n) is 3.93. The Hall–Kier alpha value is -2.43. The zero-order chi connectivity index (χ0) is 15.4. The molecule has 2 aromatic rings. The molecule has 0 aliphatic carbocycles. The maximum atomic E-state index is 12.5. The molecule has 22 heavy (non-hydrogen) atoms. The number of benzene rings is 1. The van der Waals surface area contributed by atoms with E-state index < -0.39 is 0 Å². The van der Waals surface area contributed by atoms with Gasteiger partial charge in [0.25, 0.3) is 5.91 Å². The lowest BCUT2D eigenvalue weighted by molar-refractivity contribution is 0.0635. The van der Waals surface area contributed by atoms with Crippen molar-refractivity contribution in [2.45, 2.75) is 32.2 Å². The fraction of sp³-hybridized carbons (Fsp3) is 0.353. The molecule has 0 bridgehead atoms. The maximum absolute atomic E-state index is 12.5. The van der Waals surface area contributed by atoms with Gasteiger partial charge in [0.05, 0.1) is 6.20 Å². The molecule has 114 valence electrons. The van der Waals surface area contributed by atoms with Crippen molar-refractivity contribution in [3.8, 4) is 11.6 Å². The molecule has 2 heterocycles. The molecule has 5 nitrogen and oxygen atoms in total. The largest absolute Gasteiger partial charge is 0.438 e. The molecule has 0 radical (unpaired) electrons. The summed E-state index contributed by atoms with van der Waals surface area (Å²) in [4.78, 5) is 22.5. The van der Waals surface area contributed by atoms with Crippen molar-refractivity contribution in [2.24, 2.45) is 0 Å². The predicted molar refractivity (Wildman–Crippen MR) is 82.9 cm³/mol. The monoisotopic (exact) mass is 297 g/mol. The molecule has 1 aliphatic heterocycles. The molecule has 1 aliphatic rings. The molecule has 1 atom stereocenters. The predicted octanol–water partition coefficient (Wildman–Crippen LogP) is 3.28. The van der Waals surface area contributed by atoms with Crippen molar-refractivity contribution < 1.29 is 9.53 Å². The van der Waals surface area contributed by atoms with E-state index >= 15 is 0 Å². The van der Waals surface area contributed by atoms with Crippen LogP contribution in [0.3, 0.4) is 0 Å². The van der Waals surface area contributed by atoms with Gasteiger partial charge in [-0.25, -0.2) is 4.98 Å². The number of nitrogens with zero attached hydrogens (tertiary/aromatic N) is 3. The molecule has 5 heteroatoms. The number of hydrogen-bond donors (Lipinski definition) is 0. The van der Waals surface area contributed by atoms with E-state index in [1.165, 1.54) is 6.42 Å². The summed E-state index contributed by atoms with van der Waals surface area (Å²) in [5.41, 5.74) is 0.695. The minimum Gasteiger partial charge on any atom is -0.438 e. The van der Waals surface area contributed by atoms with Gasteiger partial charge in [-0.15, -0.1) is 0 Å². The van der Waals surface area contributed by atoms with Gasteiger partial charge < -0.3 is 9.64 Å². The first-order valence-corrected chi connectivity index (χ1v) is 7.59. The molecular formula is C17H19N3O2. The van der Waals surface area contributed by atoms with E-state index in [-0.39, 0.29) is 5.91 Å². The van der Waals surface area contributed by atoms with E-state index in [0.717, 1.165) is 19.4 Å². The minimum atomic E-state index is 0.0956. The van der Waals surface area contributed by atoms with E-state index in [4.69, 9.17) is 4.74 Å². The first kappa shape index (κ1) is 14.5. The molecule has 1 aromatic heterocycles. The lowest BCUT2D eigenvalue weighted by atomic mass is 10.0. The quantitative estimate of drug-likeness (QED) is 0.872. The number of hydrogen-bond acceptors (Lipinski definition) is 4. The molecule has 1 amide bonds. The summed E-state index contributed by atoms with van der Waals surface area (Å²) in [6.45, 7) is 2.96. The Morgan fingerprint density at radius 2 is 2.05 bits per heavy atom. The standard InChI is InChI=1S/C17H19N3O2/c1-13-4-2-3-11-20(13)17(21)14-5-7-15(8-6-14)22-16-12-18-9-10-19-16/h5-10,12-13H,2-4,11H2,1H3/t13-/m0/s1. The molecule has 3 rings (SSSR count). The average Bonchev–Trinajstić information content (AvgIpc) is 2.56. The summed E-state index contributed by atoms with van der Waals surface area (Å²) in [5.74, 6) is 1.17. The number of ether oxygens (including phenoxy) is 1. The zero-order valence-corrected chi connectivity index (χ0v) is 12.6. The molecule has 0 N–H and O–H groups in total. The Kier molecular flexibility index (Phi) is 4.32.